The van der Waals surface area contributed by atoms with Crippen molar-refractivity contribution in [3.8, 4) is 0 Å². The molecule has 0 aromatic rings. The highest BCUT2D eigenvalue weighted by Crippen LogP contribution is 2.78. The zero-order chi connectivity index (χ0) is 27.9. The normalized spacial score (nSPS) is 53.6. The summed E-state index contributed by atoms with van der Waals surface area (Å²) in [6.07, 6.45) is 13.5. The van der Waals surface area contributed by atoms with E-state index in [2.05, 4.69) is 62.3 Å². The van der Waals surface area contributed by atoms with E-state index in [0.29, 0.717) is 30.3 Å². The first-order valence-electron chi connectivity index (χ1n) is 16.5. The molecule has 0 radical (unpaired) electrons. The van der Waals surface area contributed by atoms with Crippen LogP contribution in [0.5, 0.6) is 0 Å². The monoisotopic (exact) mass is 528 g/mol. The Morgan fingerprint density at radius 3 is 2.21 bits per heavy atom. The Kier molecular flexibility index (Phi) is 7.02. The standard InChI is InChI=1S/C35H60O3/c1-10-11-22-38-29(36)35(37)21-18-30(4,5)26-15-17-33(8)27(34(26,35)9)13-12-25-28-24(3)23(2)14-16-31(28,6)19-20-32(25,33)7/h23-28,37H,10-22H2,1-9H3/t23-,24+,25-,26+,27+,28+,31-,32-,33-,34+,35?/m1/s1. The summed E-state index contributed by atoms with van der Waals surface area (Å²) in [4.78, 5) is 13.8. The molecule has 11 atom stereocenters. The molecular weight excluding hydrogens is 468 g/mol. The van der Waals surface area contributed by atoms with Gasteiger partial charge in [-0.25, -0.2) is 4.79 Å². The van der Waals surface area contributed by atoms with Gasteiger partial charge in [0.15, 0.2) is 5.60 Å². The topological polar surface area (TPSA) is 46.5 Å². The van der Waals surface area contributed by atoms with Crippen molar-refractivity contribution >= 4 is 5.97 Å². The Labute approximate surface area is 234 Å². The SMILES string of the molecule is CCCCOC(=O)C1(O)CCC(C)(C)[C@@H]2CC[C@]3(C)[C@H](CC[C@@H]4[C@@H]5[C@@H](C)[C@H](C)CC[C@]5(C)CC[C@]43C)[C@]21C. The number of hydrogen-bond donors (Lipinski definition) is 1. The predicted octanol–water partition coefficient (Wildman–Crippen LogP) is 8.82. The summed E-state index contributed by atoms with van der Waals surface area (Å²) in [6.45, 7) is 22.7. The van der Waals surface area contributed by atoms with Crippen LogP contribution in [0.15, 0.2) is 0 Å². The Hall–Kier alpha value is -0.570. The lowest BCUT2D eigenvalue weighted by molar-refractivity contribution is -0.291. The molecule has 5 aliphatic carbocycles. The molecule has 5 fully saturated rings. The first kappa shape index (κ1) is 28.9. The minimum Gasteiger partial charge on any atom is -0.464 e. The van der Waals surface area contributed by atoms with Crippen molar-refractivity contribution < 1.29 is 14.6 Å². The second-order valence-corrected chi connectivity index (χ2v) is 16.8. The summed E-state index contributed by atoms with van der Waals surface area (Å²) < 4.78 is 5.87. The summed E-state index contributed by atoms with van der Waals surface area (Å²) in [5.41, 5.74) is -0.834. The molecule has 5 rings (SSSR count). The molecule has 38 heavy (non-hydrogen) atoms. The Morgan fingerprint density at radius 1 is 0.816 bits per heavy atom. The van der Waals surface area contributed by atoms with E-state index in [1.54, 1.807) is 0 Å². The maximum Gasteiger partial charge on any atom is 0.338 e. The minimum absolute atomic E-state index is 0.127. The van der Waals surface area contributed by atoms with Crippen molar-refractivity contribution in [1.82, 2.24) is 0 Å². The number of unbranched alkanes of at least 4 members (excludes halogenated alkanes) is 1. The zero-order valence-electron chi connectivity index (χ0n) is 26.4. The van der Waals surface area contributed by atoms with Gasteiger partial charge in [0.05, 0.1) is 6.61 Å². The highest BCUT2D eigenvalue weighted by Gasteiger charge is 2.75. The summed E-state index contributed by atoms with van der Waals surface area (Å²) in [5, 5.41) is 12.6. The fourth-order valence-corrected chi connectivity index (χ4v) is 12.4. The van der Waals surface area contributed by atoms with Crippen LogP contribution in [0, 0.1) is 62.6 Å². The van der Waals surface area contributed by atoms with Gasteiger partial charge in [-0.05, 0) is 128 Å². The molecule has 0 spiro atoms. The number of ether oxygens (including phenoxy) is 1. The lowest BCUT2D eigenvalue weighted by Crippen LogP contribution is -2.73. The molecule has 0 aromatic heterocycles. The van der Waals surface area contributed by atoms with Crippen molar-refractivity contribution in [2.45, 2.75) is 145 Å². The zero-order valence-corrected chi connectivity index (χ0v) is 26.4. The molecule has 1 N–H and O–H groups in total. The third kappa shape index (κ3) is 3.64. The second kappa shape index (κ2) is 9.22. The van der Waals surface area contributed by atoms with E-state index in [0.717, 1.165) is 55.8 Å². The van der Waals surface area contributed by atoms with Crippen LogP contribution in [0.1, 0.15) is 139 Å². The van der Waals surface area contributed by atoms with E-state index in [9.17, 15) is 9.90 Å². The van der Waals surface area contributed by atoms with Gasteiger partial charge in [0.25, 0.3) is 0 Å². The van der Waals surface area contributed by atoms with Crippen molar-refractivity contribution in [3.63, 3.8) is 0 Å². The number of hydrogen-bond acceptors (Lipinski definition) is 3. The molecule has 0 heterocycles. The van der Waals surface area contributed by atoms with Gasteiger partial charge >= 0.3 is 5.97 Å². The molecule has 0 amide bonds. The lowest BCUT2D eigenvalue weighted by atomic mass is 9.30. The molecule has 5 aliphatic rings. The summed E-state index contributed by atoms with van der Waals surface area (Å²) in [5.74, 6) is 3.51. The van der Waals surface area contributed by atoms with Gasteiger partial charge in [0.2, 0.25) is 0 Å². The largest absolute Gasteiger partial charge is 0.464 e. The van der Waals surface area contributed by atoms with Gasteiger partial charge in [0.1, 0.15) is 0 Å². The van der Waals surface area contributed by atoms with Gasteiger partial charge in [-0.2, -0.15) is 0 Å². The van der Waals surface area contributed by atoms with E-state index < -0.39 is 11.0 Å². The molecule has 0 aliphatic heterocycles. The van der Waals surface area contributed by atoms with Crippen LogP contribution in [-0.2, 0) is 9.53 Å². The smallest absolute Gasteiger partial charge is 0.338 e. The summed E-state index contributed by atoms with van der Waals surface area (Å²) >= 11 is 0. The first-order valence-corrected chi connectivity index (χ1v) is 16.5. The Balaban J connectivity index is 1.57. The molecule has 218 valence electrons. The van der Waals surface area contributed by atoms with Crippen LogP contribution in [0.3, 0.4) is 0 Å². The van der Waals surface area contributed by atoms with Crippen LogP contribution >= 0.6 is 0 Å². The molecule has 3 heteroatoms. The summed E-state index contributed by atoms with van der Waals surface area (Å²) in [6, 6.07) is 0. The molecular formula is C35H60O3. The fraction of sp³-hybridized carbons (Fsp3) is 0.971. The minimum atomic E-state index is -1.38. The van der Waals surface area contributed by atoms with Crippen LogP contribution in [0.2, 0.25) is 0 Å². The van der Waals surface area contributed by atoms with Crippen molar-refractivity contribution in [3.05, 3.63) is 0 Å². The van der Waals surface area contributed by atoms with E-state index in [-0.39, 0.29) is 22.2 Å². The number of carbonyl (C=O) groups is 1. The number of rotatable bonds is 4. The first-order chi connectivity index (χ1) is 17.6. The van der Waals surface area contributed by atoms with Crippen molar-refractivity contribution in [1.29, 1.82) is 0 Å². The average Bonchev–Trinajstić information content (AvgIpc) is 2.85. The van der Waals surface area contributed by atoms with E-state index >= 15 is 0 Å². The molecule has 0 bridgehead atoms. The van der Waals surface area contributed by atoms with Crippen LogP contribution in [-0.4, -0.2) is 23.3 Å². The summed E-state index contributed by atoms with van der Waals surface area (Å²) in [7, 11) is 0. The highest BCUT2D eigenvalue weighted by molar-refractivity contribution is 5.81. The number of fused-ring (bicyclic) bond motifs is 7. The Morgan fingerprint density at radius 2 is 1.53 bits per heavy atom. The molecule has 3 nitrogen and oxygen atoms in total. The fourth-order valence-electron chi connectivity index (χ4n) is 12.4. The average molecular weight is 529 g/mol. The van der Waals surface area contributed by atoms with E-state index in [1.165, 1.54) is 38.5 Å². The Bertz CT molecular complexity index is 926. The predicted molar refractivity (Wildman–Crippen MR) is 155 cm³/mol. The van der Waals surface area contributed by atoms with Crippen LogP contribution in [0.4, 0.5) is 0 Å². The molecule has 0 aromatic carbocycles. The number of carbonyl (C=O) groups excluding carboxylic acids is 1. The van der Waals surface area contributed by atoms with Gasteiger partial charge in [-0.3, -0.25) is 0 Å². The highest BCUT2D eigenvalue weighted by atomic mass is 16.5. The van der Waals surface area contributed by atoms with Gasteiger partial charge in [0, 0.05) is 5.41 Å². The maximum atomic E-state index is 13.8. The van der Waals surface area contributed by atoms with Crippen LogP contribution in [0.25, 0.3) is 0 Å². The molecule has 5 saturated carbocycles. The molecule has 1 unspecified atom stereocenters. The number of esters is 1. The second-order valence-electron chi connectivity index (χ2n) is 16.8. The van der Waals surface area contributed by atoms with E-state index in [1.807, 2.05) is 0 Å². The van der Waals surface area contributed by atoms with Gasteiger partial charge in [-0.15, -0.1) is 0 Å². The number of aliphatic hydroxyl groups is 1. The van der Waals surface area contributed by atoms with E-state index in [4.69, 9.17) is 4.74 Å². The van der Waals surface area contributed by atoms with Crippen LogP contribution < -0.4 is 0 Å². The van der Waals surface area contributed by atoms with Gasteiger partial charge < -0.3 is 9.84 Å². The maximum absolute atomic E-state index is 13.8. The van der Waals surface area contributed by atoms with Crippen molar-refractivity contribution in [2.75, 3.05) is 6.61 Å². The molecule has 0 saturated heterocycles. The van der Waals surface area contributed by atoms with Gasteiger partial charge in [-0.1, -0.05) is 68.7 Å². The quantitative estimate of drug-likeness (QED) is 0.293. The third-order valence-electron chi connectivity index (χ3n) is 15.2. The van der Waals surface area contributed by atoms with Crippen molar-refractivity contribution in [2.24, 2.45) is 62.6 Å². The third-order valence-corrected chi connectivity index (χ3v) is 15.2. The lowest BCUT2D eigenvalue weighted by Gasteiger charge is -2.75.